The molecule has 8 heteroatoms. The second-order valence-corrected chi connectivity index (χ2v) is 8.71. The van der Waals surface area contributed by atoms with Gasteiger partial charge in [-0.1, -0.05) is 72.8 Å². The fourth-order valence-corrected chi connectivity index (χ4v) is 4.30. The first-order chi connectivity index (χ1) is 19.2. The Bertz CT molecular complexity index is 1490. The van der Waals surface area contributed by atoms with Gasteiger partial charge >= 0.3 is 13.2 Å². The molecule has 0 amide bonds. The summed E-state index contributed by atoms with van der Waals surface area (Å²) in [5.41, 5.74) is 7.94. The maximum atomic E-state index is 12.5. The van der Waals surface area contributed by atoms with Crippen molar-refractivity contribution < 1.29 is 31.4 Å². The number of carbonyl (C=O) groups excluding carboxylic acids is 1. The number of nitrogens with zero attached hydrogens (tertiary/aromatic N) is 1. The van der Waals surface area contributed by atoms with Crippen molar-refractivity contribution in [2.45, 2.75) is 6.92 Å². The number of halogens is 4. The predicted octanol–water partition coefficient (Wildman–Crippen LogP) is 8.44. The molecule has 202 valence electrons. The molecule has 0 saturated heterocycles. The van der Waals surface area contributed by atoms with Crippen LogP contribution in [0, 0.1) is 0 Å². The Hall–Kier alpha value is -4.72. The molecular weight excluding hydrogens is 517 g/mol. The van der Waals surface area contributed by atoms with Crippen LogP contribution >= 0.6 is 0 Å². The van der Waals surface area contributed by atoms with E-state index in [1.165, 1.54) is 0 Å². The second kappa shape index (κ2) is 12.9. The molecule has 3 nitrogen and oxygen atoms in total. The minimum atomic E-state index is -6.00. The Morgan fingerprint density at radius 2 is 1.07 bits per heavy atom. The van der Waals surface area contributed by atoms with Crippen molar-refractivity contribution in [1.29, 1.82) is 0 Å². The van der Waals surface area contributed by atoms with Gasteiger partial charge in [0.1, 0.15) is 0 Å². The molecule has 0 atom stereocenters. The lowest BCUT2D eigenvalue weighted by atomic mass is 9.98. The molecule has 0 aliphatic carbocycles. The quantitative estimate of drug-likeness (QED) is 0.0932. The largest absolute Gasteiger partial charge is 0.673 e. The first kappa shape index (κ1) is 28.3. The highest BCUT2D eigenvalue weighted by Crippen LogP contribution is 2.30. The Balaban J connectivity index is 0.000000681. The van der Waals surface area contributed by atoms with E-state index in [1.54, 1.807) is 6.07 Å². The summed E-state index contributed by atoms with van der Waals surface area (Å²) >= 11 is 0. The highest BCUT2D eigenvalue weighted by Gasteiger charge is 2.26. The number of hydrogen-bond donors (Lipinski definition) is 0. The van der Waals surface area contributed by atoms with E-state index in [0.29, 0.717) is 12.2 Å². The normalized spacial score (nSPS) is 10.8. The van der Waals surface area contributed by atoms with Crippen molar-refractivity contribution in [2.24, 2.45) is 0 Å². The monoisotopic (exact) mass is 543 g/mol. The Morgan fingerprint density at radius 1 is 0.625 bits per heavy atom. The number of hydrogen-bond acceptors (Lipinski definition) is 2. The van der Waals surface area contributed by atoms with E-state index in [9.17, 15) is 22.1 Å². The number of aromatic nitrogens is 1. The fraction of sp³-hybridized carbons (Fsp3) is 0.0625. The molecule has 40 heavy (non-hydrogen) atoms. The standard InChI is InChI=1S/C32H26NO2.BF4/c1-2-35-32(34)27-19-12-20-29(21-27)33-30(25-15-8-4-9-16-25)22-28(24-13-6-3-7-14-24)23-31(33)26-17-10-5-11-18-26;2-1(3,4)5/h3-23H,2H2,1H3;/q+1;-1. The van der Waals surface area contributed by atoms with Crippen molar-refractivity contribution in [1.82, 2.24) is 0 Å². The smallest absolute Gasteiger partial charge is 0.462 e. The van der Waals surface area contributed by atoms with Gasteiger partial charge in [-0.3, -0.25) is 0 Å². The Labute approximate surface area is 230 Å². The lowest BCUT2D eigenvalue weighted by molar-refractivity contribution is -0.572. The van der Waals surface area contributed by atoms with E-state index in [4.69, 9.17) is 4.74 Å². The van der Waals surface area contributed by atoms with E-state index in [1.807, 2.05) is 67.6 Å². The highest BCUT2D eigenvalue weighted by molar-refractivity contribution is 6.50. The SMILES string of the molecule is CCOC(=O)c1cccc(-[n+]2c(-c3ccccc3)cc(-c3ccccc3)cc2-c2ccccc2)c1.F[B-](F)(F)F. The van der Waals surface area contributed by atoms with E-state index < -0.39 is 7.25 Å². The fourth-order valence-electron chi connectivity index (χ4n) is 4.30. The molecule has 0 saturated carbocycles. The number of benzene rings is 4. The van der Waals surface area contributed by atoms with Crippen LogP contribution in [0.3, 0.4) is 0 Å². The molecule has 1 heterocycles. The Morgan fingerprint density at radius 3 is 1.52 bits per heavy atom. The summed E-state index contributed by atoms with van der Waals surface area (Å²) in [7, 11) is -6.00. The first-order valence-electron chi connectivity index (χ1n) is 12.7. The second-order valence-electron chi connectivity index (χ2n) is 8.71. The molecule has 0 bridgehead atoms. The van der Waals surface area contributed by atoms with Crippen molar-refractivity contribution in [3.8, 4) is 39.3 Å². The molecule has 0 aliphatic rings. The average Bonchev–Trinajstić information content (AvgIpc) is 2.97. The van der Waals surface area contributed by atoms with Gasteiger partial charge in [-0.25, -0.2) is 4.79 Å². The molecule has 0 spiro atoms. The molecule has 0 unspecified atom stereocenters. The number of pyridine rings is 1. The van der Waals surface area contributed by atoms with Crippen LogP contribution in [0.5, 0.6) is 0 Å². The summed E-state index contributed by atoms with van der Waals surface area (Å²) < 4.78 is 46.5. The predicted molar refractivity (Wildman–Crippen MR) is 150 cm³/mol. The summed E-state index contributed by atoms with van der Waals surface area (Å²) in [4.78, 5) is 12.5. The van der Waals surface area contributed by atoms with E-state index in [2.05, 4.69) is 65.2 Å². The topological polar surface area (TPSA) is 30.2 Å². The van der Waals surface area contributed by atoms with Gasteiger partial charge in [0, 0.05) is 35.4 Å². The number of esters is 1. The molecule has 0 fully saturated rings. The summed E-state index contributed by atoms with van der Waals surface area (Å²) in [6.45, 7) is 2.16. The molecule has 1 aromatic heterocycles. The summed E-state index contributed by atoms with van der Waals surface area (Å²) in [5, 5.41) is 0. The van der Waals surface area contributed by atoms with Gasteiger partial charge < -0.3 is 22.0 Å². The van der Waals surface area contributed by atoms with Gasteiger partial charge in [0.15, 0.2) is 0 Å². The Kier molecular flexibility index (Phi) is 9.12. The number of ether oxygens (including phenoxy) is 1. The van der Waals surface area contributed by atoms with Crippen molar-refractivity contribution in [2.75, 3.05) is 6.61 Å². The summed E-state index contributed by atoms with van der Waals surface area (Å²) in [6.07, 6.45) is 0. The summed E-state index contributed by atoms with van der Waals surface area (Å²) in [5.74, 6) is -0.321. The molecular formula is C32H26BF4NO2. The van der Waals surface area contributed by atoms with E-state index in [0.717, 1.165) is 39.3 Å². The lowest BCUT2D eigenvalue weighted by Crippen LogP contribution is -2.36. The minimum absolute atomic E-state index is 0.321. The van der Waals surface area contributed by atoms with Crippen LogP contribution in [0.2, 0.25) is 0 Å². The zero-order chi connectivity index (χ0) is 28.5. The third kappa shape index (κ3) is 7.44. The average molecular weight is 543 g/mol. The highest BCUT2D eigenvalue weighted by atomic mass is 19.5. The van der Waals surface area contributed by atoms with Crippen molar-refractivity contribution in [3.63, 3.8) is 0 Å². The van der Waals surface area contributed by atoms with Crippen LogP contribution in [-0.4, -0.2) is 19.8 Å². The van der Waals surface area contributed by atoms with Crippen LogP contribution in [0.25, 0.3) is 39.3 Å². The van der Waals surface area contributed by atoms with Crippen molar-refractivity contribution >= 4 is 13.2 Å². The molecule has 0 radical (unpaired) electrons. The third-order valence-electron chi connectivity index (χ3n) is 5.93. The van der Waals surface area contributed by atoms with Crippen LogP contribution in [-0.2, 0) is 4.74 Å². The van der Waals surface area contributed by atoms with Gasteiger partial charge in [-0.2, -0.15) is 4.57 Å². The maximum Gasteiger partial charge on any atom is 0.673 e. The molecule has 0 N–H and O–H groups in total. The van der Waals surface area contributed by atoms with Gasteiger partial charge in [-0.15, -0.1) is 0 Å². The van der Waals surface area contributed by atoms with Gasteiger partial charge in [0.2, 0.25) is 17.1 Å². The van der Waals surface area contributed by atoms with Crippen molar-refractivity contribution in [3.05, 3.63) is 133 Å². The van der Waals surface area contributed by atoms with Crippen LogP contribution in [0.4, 0.5) is 17.3 Å². The van der Waals surface area contributed by atoms with Gasteiger partial charge in [-0.05, 0) is 48.4 Å². The van der Waals surface area contributed by atoms with E-state index >= 15 is 0 Å². The molecule has 4 aromatic carbocycles. The van der Waals surface area contributed by atoms with Crippen LogP contribution < -0.4 is 4.57 Å². The van der Waals surface area contributed by atoms with Crippen LogP contribution in [0.1, 0.15) is 17.3 Å². The van der Waals surface area contributed by atoms with Gasteiger partial charge in [0.25, 0.3) is 0 Å². The lowest BCUT2D eigenvalue weighted by Gasteiger charge is -2.13. The summed E-state index contributed by atoms with van der Waals surface area (Å²) in [6, 6.07) is 43.2. The molecule has 5 rings (SSSR count). The number of rotatable bonds is 6. The van der Waals surface area contributed by atoms with E-state index in [-0.39, 0.29) is 5.97 Å². The zero-order valence-electron chi connectivity index (χ0n) is 21.7. The van der Waals surface area contributed by atoms with Crippen LogP contribution in [0.15, 0.2) is 127 Å². The first-order valence-corrected chi connectivity index (χ1v) is 12.7. The molecule has 5 aromatic rings. The third-order valence-corrected chi connectivity index (χ3v) is 5.93. The zero-order valence-corrected chi connectivity index (χ0v) is 21.7. The minimum Gasteiger partial charge on any atom is -0.462 e. The number of carbonyl (C=O) groups is 1. The molecule has 0 aliphatic heterocycles. The van der Waals surface area contributed by atoms with Gasteiger partial charge in [0.05, 0.1) is 12.2 Å². The maximum absolute atomic E-state index is 12.5.